The summed E-state index contributed by atoms with van der Waals surface area (Å²) in [6.07, 6.45) is 2.44. The number of hydrogen-bond acceptors (Lipinski definition) is 4. The fourth-order valence-electron chi connectivity index (χ4n) is 1.69. The van der Waals surface area contributed by atoms with E-state index in [2.05, 4.69) is 9.97 Å². The zero-order chi connectivity index (χ0) is 11.5. The summed E-state index contributed by atoms with van der Waals surface area (Å²) in [5.41, 5.74) is -0.704. The maximum Gasteiger partial charge on any atom is 0.354 e. The van der Waals surface area contributed by atoms with Crippen LogP contribution in [0.5, 0.6) is 0 Å². The van der Waals surface area contributed by atoms with E-state index in [1.165, 1.54) is 0 Å². The second-order valence-corrected chi connectivity index (χ2v) is 3.68. The summed E-state index contributed by atoms with van der Waals surface area (Å²) in [6, 6.07) is 0.967. The molecule has 2 N–H and O–H groups in total. The van der Waals surface area contributed by atoms with Crippen LogP contribution in [-0.4, -0.2) is 27.7 Å². The number of aromatic carboxylic acids is 1. The number of nitrogens with zero attached hydrogens (tertiary/aromatic N) is 1. The van der Waals surface area contributed by atoms with Gasteiger partial charge in [0.15, 0.2) is 5.69 Å². The van der Waals surface area contributed by atoms with Crippen molar-refractivity contribution in [2.45, 2.75) is 25.4 Å². The van der Waals surface area contributed by atoms with Crippen LogP contribution in [0, 0.1) is 0 Å². The number of carboxylic acids is 1. The minimum absolute atomic E-state index is 0.243. The third-order valence-corrected chi connectivity index (χ3v) is 2.46. The topological polar surface area (TPSA) is 92.3 Å². The Balaban J connectivity index is 2.32. The van der Waals surface area contributed by atoms with E-state index < -0.39 is 11.5 Å². The first-order valence-electron chi connectivity index (χ1n) is 5.13. The molecule has 86 valence electrons. The lowest BCUT2D eigenvalue weighted by Crippen LogP contribution is -2.21. The smallest absolute Gasteiger partial charge is 0.354 e. The molecule has 1 aromatic rings. The molecule has 1 aliphatic heterocycles. The molecular formula is C10H12N2O4. The lowest BCUT2D eigenvalue weighted by Gasteiger charge is -2.21. The lowest BCUT2D eigenvalue weighted by molar-refractivity contribution is 0.00910. The van der Waals surface area contributed by atoms with Crippen molar-refractivity contribution in [2.75, 3.05) is 6.61 Å². The minimum atomic E-state index is -1.21. The van der Waals surface area contributed by atoms with E-state index in [9.17, 15) is 9.59 Å². The van der Waals surface area contributed by atoms with Crippen LogP contribution in [0.1, 0.15) is 41.7 Å². The molecule has 0 bridgehead atoms. The van der Waals surface area contributed by atoms with Gasteiger partial charge in [-0.1, -0.05) is 0 Å². The van der Waals surface area contributed by atoms with E-state index in [0.29, 0.717) is 12.4 Å². The molecule has 1 saturated heterocycles. The maximum absolute atomic E-state index is 11.2. The highest BCUT2D eigenvalue weighted by Crippen LogP contribution is 2.24. The zero-order valence-corrected chi connectivity index (χ0v) is 8.60. The van der Waals surface area contributed by atoms with Crippen molar-refractivity contribution in [3.63, 3.8) is 0 Å². The highest BCUT2D eigenvalue weighted by atomic mass is 16.5. The molecule has 1 aliphatic rings. The number of aromatic amines is 1. The molecule has 2 heterocycles. The third-order valence-electron chi connectivity index (χ3n) is 2.46. The highest BCUT2D eigenvalue weighted by Gasteiger charge is 2.20. The second-order valence-electron chi connectivity index (χ2n) is 3.68. The number of nitrogens with one attached hydrogen (secondary N) is 1. The first kappa shape index (κ1) is 10.8. The van der Waals surface area contributed by atoms with Crippen molar-refractivity contribution in [1.82, 2.24) is 9.97 Å². The summed E-state index contributed by atoms with van der Waals surface area (Å²) in [5, 5.41) is 8.78. The predicted octanol–water partition coefficient (Wildman–Crippen LogP) is 0.710. The summed E-state index contributed by atoms with van der Waals surface area (Å²) in [5.74, 6) is -0.896. The minimum Gasteiger partial charge on any atom is -0.477 e. The predicted molar refractivity (Wildman–Crippen MR) is 54.4 cm³/mol. The third kappa shape index (κ3) is 2.27. The molecule has 0 saturated carbocycles. The maximum atomic E-state index is 11.2. The van der Waals surface area contributed by atoms with Crippen molar-refractivity contribution in [2.24, 2.45) is 0 Å². The number of hydrogen-bond donors (Lipinski definition) is 2. The number of carbonyl (C=O) groups is 1. The van der Waals surface area contributed by atoms with Crippen LogP contribution in [0.25, 0.3) is 0 Å². The number of aromatic nitrogens is 2. The van der Waals surface area contributed by atoms with Crippen molar-refractivity contribution in [3.05, 3.63) is 27.9 Å². The molecular weight excluding hydrogens is 212 g/mol. The van der Waals surface area contributed by atoms with E-state index in [-0.39, 0.29) is 11.8 Å². The average molecular weight is 224 g/mol. The standard InChI is InChI=1S/C10H12N2O4/c13-8-5-6(10(14)15)11-9(12-8)7-3-1-2-4-16-7/h5,7H,1-4H2,(H,14,15)(H,11,12,13). The van der Waals surface area contributed by atoms with Crippen LogP contribution in [0.4, 0.5) is 0 Å². The van der Waals surface area contributed by atoms with E-state index in [1.54, 1.807) is 0 Å². The van der Waals surface area contributed by atoms with Gasteiger partial charge in [0, 0.05) is 12.7 Å². The summed E-state index contributed by atoms with van der Waals surface area (Å²) in [4.78, 5) is 28.4. The molecule has 0 radical (unpaired) electrons. The highest BCUT2D eigenvalue weighted by molar-refractivity contribution is 5.85. The van der Waals surface area contributed by atoms with Gasteiger partial charge in [-0.25, -0.2) is 9.78 Å². The fraction of sp³-hybridized carbons (Fsp3) is 0.500. The van der Waals surface area contributed by atoms with Gasteiger partial charge < -0.3 is 14.8 Å². The molecule has 16 heavy (non-hydrogen) atoms. The average Bonchev–Trinajstić information content (AvgIpc) is 2.29. The Hall–Kier alpha value is -1.69. The molecule has 6 heteroatoms. The summed E-state index contributed by atoms with van der Waals surface area (Å²) in [7, 11) is 0. The molecule has 6 nitrogen and oxygen atoms in total. The van der Waals surface area contributed by atoms with Crippen molar-refractivity contribution in [1.29, 1.82) is 0 Å². The Bertz CT molecular complexity index is 448. The number of H-pyrrole nitrogens is 1. The van der Waals surface area contributed by atoms with Crippen LogP contribution in [-0.2, 0) is 4.74 Å². The Morgan fingerprint density at radius 1 is 1.56 bits per heavy atom. The number of rotatable bonds is 2. The van der Waals surface area contributed by atoms with Crippen LogP contribution in [0.15, 0.2) is 10.9 Å². The first-order chi connectivity index (χ1) is 7.66. The van der Waals surface area contributed by atoms with Crippen molar-refractivity contribution >= 4 is 5.97 Å². The normalized spacial score (nSPS) is 20.6. The molecule has 0 aliphatic carbocycles. The van der Waals surface area contributed by atoms with Gasteiger partial charge >= 0.3 is 5.97 Å². The summed E-state index contributed by atoms with van der Waals surface area (Å²) >= 11 is 0. The molecule has 0 amide bonds. The van der Waals surface area contributed by atoms with Gasteiger partial charge in [-0.05, 0) is 19.3 Å². The van der Waals surface area contributed by atoms with Gasteiger partial charge in [0.05, 0.1) is 0 Å². The summed E-state index contributed by atoms with van der Waals surface area (Å²) in [6.45, 7) is 0.617. The zero-order valence-electron chi connectivity index (χ0n) is 8.60. The molecule has 0 aromatic carbocycles. The Labute approximate surface area is 91.3 Å². The van der Waals surface area contributed by atoms with Crippen LogP contribution >= 0.6 is 0 Å². The SMILES string of the molecule is O=C(O)c1cc(=O)[nH]c(C2CCCCO2)n1. The van der Waals surface area contributed by atoms with Gasteiger partial charge in [-0.3, -0.25) is 4.79 Å². The van der Waals surface area contributed by atoms with Gasteiger partial charge in [-0.15, -0.1) is 0 Å². The summed E-state index contributed by atoms with van der Waals surface area (Å²) < 4.78 is 5.43. The van der Waals surface area contributed by atoms with Gasteiger partial charge in [0.2, 0.25) is 0 Å². The van der Waals surface area contributed by atoms with Gasteiger partial charge in [0.25, 0.3) is 5.56 Å². The number of carboxylic acid groups (broad SMARTS) is 1. The molecule has 1 aromatic heterocycles. The molecule has 0 spiro atoms. The Morgan fingerprint density at radius 3 is 3.00 bits per heavy atom. The second kappa shape index (κ2) is 4.44. The molecule has 2 rings (SSSR count). The quantitative estimate of drug-likeness (QED) is 0.771. The van der Waals surface area contributed by atoms with Gasteiger partial charge in [-0.2, -0.15) is 0 Å². The van der Waals surface area contributed by atoms with Crippen LogP contribution < -0.4 is 5.56 Å². The lowest BCUT2D eigenvalue weighted by atomic mass is 10.1. The van der Waals surface area contributed by atoms with Crippen molar-refractivity contribution < 1.29 is 14.6 Å². The fourth-order valence-corrected chi connectivity index (χ4v) is 1.69. The van der Waals surface area contributed by atoms with Crippen LogP contribution in [0.3, 0.4) is 0 Å². The Morgan fingerprint density at radius 2 is 2.38 bits per heavy atom. The van der Waals surface area contributed by atoms with Crippen molar-refractivity contribution in [3.8, 4) is 0 Å². The molecule has 1 unspecified atom stereocenters. The Kier molecular flexibility index (Phi) is 3.00. The first-order valence-corrected chi connectivity index (χ1v) is 5.13. The van der Waals surface area contributed by atoms with E-state index >= 15 is 0 Å². The largest absolute Gasteiger partial charge is 0.477 e. The van der Waals surface area contributed by atoms with Gasteiger partial charge in [0.1, 0.15) is 11.9 Å². The van der Waals surface area contributed by atoms with E-state index in [0.717, 1.165) is 25.3 Å². The molecule has 1 fully saturated rings. The van der Waals surface area contributed by atoms with E-state index in [4.69, 9.17) is 9.84 Å². The van der Waals surface area contributed by atoms with E-state index in [1.807, 2.05) is 0 Å². The van der Waals surface area contributed by atoms with Crippen LogP contribution in [0.2, 0.25) is 0 Å². The monoisotopic (exact) mass is 224 g/mol. The number of ether oxygens (including phenoxy) is 1. The molecule has 1 atom stereocenters.